The molecule has 29 heavy (non-hydrogen) atoms. The lowest BCUT2D eigenvalue weighted by Crippen LogP contribution is -2.45. The van der Waals surface area contributed by atoms with Crippen LogP contribution in [0.1, 0.15) is 51.9 Å². The molecule has 2 aromatic rings. The van der Waals surface area contributed by atoms with Crippen LogP contribution in [0.5, 0.6) is 0 Å². The molecular weight excluding hydrogens is 377 g/mol. The van der Waals surface area contributed by atoms with Crippen molar-refractivity contribution in [3.63, 3.8) is 0 Å². The number of morpholine rings is 1. The summed E-state index contributed by atoms with van der Waals surface area (Å²) < 4.78 is 22.5. The van der Waals surface area contributed by atoms with Gasteiger partial charge < -0.3 is 9.53 Å². The van der Waals surface area contributed by atoms with E-state index in [0.717, 1.165) is 6.29 Å². The van der Waals surface area contributed by atoms with Gasteiger partial charge in [-0.3, -0.25) is 19.2 Å². The van der Waals surface area contributed by atoms with Crippen LogP contribution in [-0.4, -0.2) is 59.8 Å². The van der Waals surface area contributed by atoms with Gasteiger partial charge in [-0.15, -0.1) is 0 Å². The number of aldehydes is 3. The summed E-state index contributed by atoms with van der Waals surface area (Å²) in [6.45, 7) is 5.69. The molecule has 1 unspecified atom stereocenters. The first-order chi connectivity index (χ1) is 13.9. The molecule has 1 aliphatic rings. The van der Waals surface area contributed by atoms with E-state index in [9.17, 15) is 14.4 Å². The number of halogens is 1. The Labute approximate surface area is 168 Å². The molecule has 1 aliphatic heterocycles. The van der Waals surface area contributed by atoms with Crippen molar-refractivity contribution in [2.24, 2.45) is 5.41 Å². The molecule has 154 valence electrons. The third kappa shape index (κ3) is 4.49. The molecule has 0 N–H and O–H groups in total. The maximum absolute atomic E-state index is 15.6. The highest BCUT2D eigenvalue weighted by Gasteiger charge is 2.38. The van der Waals surface area contributed by atoms with Gasteiger partial charge in [0.25, 0.3) is 0 Å². The maximum atomic E-state index is 15.6. The maximum Gasteiger partial charge on any atom is 0.170 e. The number of carbonyl (C=O) groups is 3. The van der Waals surface area contributed by atoms with Crippen molar-refractivity contribution in [2.45, 2.75) is 26.4 Å². The summed E-state index contributed by atoms with van der Waals surface area (Å²) in [6.07, 6.45) is 3.67. The average Bonchev–Trinajstić information content (AvgIpc) is 3.19. The van der Waals surface area contributed by atoms with Crippen LogP contribution in [0.4, 0.5) is 4.39 Å². The molecule has 0 radical (unpaired) electrons. The van der Waals surface area contributed by atoms with E-state index in [4.69, 9.17) is 4.74 Å². The van der Waals surface area contributed by atoms with Crippen molar-refractivity contribution in [2.75, 3.05) is 26.3 Å². The smallest absolute Gasteiger partial charge is 0.170 e. The second kappa shape index (κ2) is 8.75. The van der Waals surface area contributed by atoms with E-state index >= 15 is 4.39 Å². The number of carbonyl (C=O) groups excluding carboxylic acids is 3. The van der Waals surface area contributed by atoms with Crippen LogP contribution in [0.15, 0.2) is 24.4 Å². The molecule has 2 heterocycles. The van der Waals surface area contributed by atoms with Gasteiger partial charge in [0, 0.05) is 47.4 Å². The van der Waals surface area contributed by atoms with Gasteiger partial charge in [0.15, 0.2) is 6.29 Å². The molecule has 1 aromatic carbocycles. The van der Waals surface area contributed by atoms with Gasteiger partial charge in [-0.25, -0.2) is 4.39 Å². The van der Waals surface area contributed by atoms with Gasteiger partial charge in [0.05, 0.1) is 19.8 Å². The van der Waals surface area contributed by atoms with E-state index in [2.05, 4.69) is 5.10 Å². The first kappa shape index (κ1) is 21.0. The standard InChI is InChI=1S/C21H24FN3O4/c1-21(2,14-28)20(24-5-7-29-8-6-24)18-10-15(12-26)9-16(19(18)22)11-25-4-3-17(13-27)23-25/h3-4,9-10,12-14,20H,5-8,11H2,1-2H3. The molecular formula is C21H24FN3O4. The number of hydrogen-bond acceptors (Lipinski definition) is 6. The summed E-state index contributed by atoms with van der Waals surface area (Å²) in [4.78, 5) is 36.3. The summed E-state index contributed by atoms with van der Waals surface area (Å²) in [6, 6.07) is 3.96. The SMILES string of the molecule is CC(C)(C=O)C(c1cc(C=O)cc(Cn2ccc(C=O)n2)c1F)N1CCOCC1. The topological polar surface area (TPSA) is 81.5 Å². The molecule has 1 atom stereocenters. The molecule has 0 amide bonds. The first-order valence-electron chi connectivity index (χ1n) is 9.44. The largest absolute Gasteiger partial charge is 0.379 e. The summed E-state index contributed by atoms with van der Waals surface area (Å²) in [5.41, 5.74) is 0.244. The van der Waals surface area contributed by atoms with E-state index in [1.54, 1.807) is 20.0 Å². The second-order valence-corrected chi connectivity index (χ2v) is 7.75. The summed E-state index contributed by atoms with van der Waals surface area (Å²) in [7, 11) is 0. The number of aromatic nitrogens is 2. The molecule has 1 aromatic heterocycles. The molecule has 0 bridgehead atoms. The monoisotopic (exact) mass is 401 g/mol. The van der Waals surface area contributed by atoms with Gasteiger partial charge in [0.1, 0.15) is 24.1 Å². The molecule has 0 saturated carbocycles. The van der Waals surface area contributed by atoms with E-state index < -0.39 is 17.3 Å². The molecule has 0 spiro atoms. The zero-order chi connectivity index (χ0) is 21.0. The number of ether oxygens (including phenoxy) is 1. The summed E-state index contributed by atoms with van der Waals surface area (Å²) in [5.74, 6) is -0.481. The second-order valence-electron chi connectivity index (χ2n) is 7.75. The van der Waals surface area contributed by atoms with Crippen LogP contribution >= 0.6 is 0 Å². The van der Waals surface area contributed by atoms with Gasteiger partial charge in [-0.1, -0.05) is 13.8 Å². The molecule has 0 aliphatic carbocycles. The average molecular weight is 401 g/mol. The fourth-order valence-corrected chi connectivity index (χ4v) is 3.79. The molecule has 3 rings (SSSR count). The van der Waals surface area contributed by atoms with Crippen molar-refractivity contribution in [1.29, 1.82) is 0 Å². The van der Waals surface area contributed by atoms with Gasteiger partial charge in [-0.05, 0) is 18.2 Å². The van der Waals surface area contributed by atoms with Gasteiger partial charge in [-0.2, -0.15) is 5.10 Å². The number of rotatable bonds is 8. The molecule has 1 saturated heterocycles. The minimum absolute atomic E-state index is 0.0612. The molecule has 1 fully saturated rings. The zero-order valence-corrected chi connectivity index (χ0v) is 16.5. The van der Waals surface area contributed by atoms with Gasteiger partial charge >= 0.3 is 0 Å². The van der Waals surface area contributed by atoms with Crippen LogP contribution in [0.2, 0.25) is 0 Å². The van der Waals surface area contributed by atoms with Crippen LogP contribution < -0.4 is 0 Å². The Kier molecular flexibility index (Phi) is 6.34. The van der Waals surface area contributed by atoms with E-state index in [1.807, 2.05) is 4.90 Å². The number of nitrogens with zero attached hydrogens (tertiary/aromatic N) is 3. The Hall–Kier alpha value is -2.71. The predicted molar refractivity (Wildman–Crippen MR) is 103 cm³/mol. The molecule has 7 nitrogen and oxygen atoms in total. The lowest BCUT2D eigenvalue weighted by atomic mass is 9.79. The van der Waals surface area contributed by atoms with Crippen LogP contribution in [0, 0.1) is 11.2 Å². The minimum Gasteiger partial charge on any atom is -0.379 e. The Bertz CT molecular complexity index is 903. The van der Waals surface area contributed by atoms with E-state index in [1.165, 1.54) is 22.9 Å². The Morgan fingerprint density at radius 1 is 1.21 bits per heavy atom. The van der Waals surface area contributed by atoms with Crippen molar-refractivity contribution < 1.29 is 23.5 Å². The lowest BCUT2D eigenvalue weighted by molar-refractivity contribution is -0.120. The minimum atomic E-state index is -0.882. The van der Waals surface area contributed by atoms with Crippen molar-refractivity contribution >= 4 is 18.9 Å². The first-order valence-corrected chi connectivity index (χ1v) is 9.44. The zero-order valence-electron chi connectivity index (χ0n) is 16.5. The van der Waals surface area contributed by atoms with E-state index in [-0.39, 0.29) is 17.8 Å². The third-order valence-electron chi connectivity index (χ3n) is 5.16. The van der Waals surface area contributed by atoms with Crippen molar-refractivity contribution in [1.82, 2.24) is 14.7 Å². The Morgan fingerprint density at radius 3 is 2.52 bits per heavy atom. The number of hydrogen-bond donors (Lipinski definition) is 0. The van der Waals surface area contributed by atoms with Crippen LogP contribution in [0.25, 0.3) is 0 Å². The highest BCUT2D eigenvalue weighted by atomic mass is 19.1. The quantitative estimate of drug-likeness (QED) is 0.632. The van der Waals surface area contributed by atoms with Crippen LogP contribution in [0.3, 0.4) is 0 Å². The normalized spacial score (nSPS) is 16.4. The predicted octanol–water partition coefficient (Wildman–Crippen LogP) is 2.29. The van der Waals surface area contributed by atoms with Gasteiger partial charge in [0.2, 0.25) is 0 Å². The summed E-state index contributed by atoms with van der Waals surface area (Å²) in [5, 5.41) is 4.06. The van der Waals surface area contributed by atoms with Crippen LogP contribution in [-0.2, 0) is 16.1 Å². The Balaban J connectivity index is 2.08. The highest BCUT2D eigenvalue weighted by molar-refractivity contribution is 5.76. The number of benzene rings is 1. The van der Waals surface area contributed by atoms with Crippen molar-refractivity contribution in [3.05, 3.63) is 52.6 Å². The van der Waals surface area contributed by atoms with E-state index in [0.29, 0.717) is 50.0 Å². The highest BCUT2D eigenvalue weighted by Crippen LogP contribution is 2.39. The Morgan fingerprint density at radius 2 is 1.93 bits per heavy atom. The fourth-order valence-electron chi connectivity index (χ4n) is 3.79. The van der Waals surface area contributed by atoms with Crippen molar-refractivity contribution in [3.8, 4) is 0 Å². The fraction of sp³-hybridized carbons (Fsp3) is 0.429. The third-order valence-corrected chi connectivity index (χ3v) is 5.16. The molecule has 8 heteroatoms. The summed E-state index contributed by atoms with van der Waals surface area (Å²) >= 11 is 0. The lowest BCUT2D eigenvalue weighted by Gasteiger charge is -2.41.